The smallest absolute Gasteiger partial charge is 0.193 e. The van der Waals surface area contributed by atoms with Gasteiger partial charge >= 0.3 is 0 Å². The van der Waals surface area contributed by atoms with Crippen LogP contribution in [-0.4, -0.2) is 59.4 Å². The standard InChI is InChI=1S/C21H33N7/c1-4-20-25-24-17-28(20)15-12-23-21(22-2)26(3)16-18-8-10-19(11-9-18)27-13-6-5-7-14-27/h8-11,17H,4-7,12-16H2,1-3H3,(H,22,23). The first-order chi connectivity index (χ1) is 13.7. The number of nitrogens with one attached hydrogen (secondary N) is 1. The second-order valence-corrected chi connectivity index (χ2v) is 7.34. The van der Waals surface area contributed by atoms with Crippen molar-refractivity contribution in [1.29, 1.82) is 0 Å². The molecule has 1 saturated heterocycles. The largest absolute Gasteiger partial charge is 0.372 e. The lowest BCUT2D eigenvalue weighted by Gasteiger charge is -2.29. The van der Waals surface area contributed by atoms with Crippen molar-refractivity contribution in [1.82, 2.24) is 25.0 Å². The van der Waals surface area contributed by atoms with E-state index >= 15 is 0 Å². The van der Waals surface area contributed by atoms with Gasteiger partial charge in [0.05, 0.1) is 0 Å². The molecule has 0 amide bonds. The van der Waals surface area contributed by atoms with E-state index in [0.717, 1.165) is 37.8 Å². The quantitative estimate of drug-likeness (QED) is 0.588. The van der Waals surface area contributed by atoms with Gasteiger partial charge in [-0.25, -0.2) is 0 Å². The highest BCUT2D eigenvalue weighted by Gasteiger charge is 2.11. The van der Waals surface area contributed by atoms with Crippen molar-refractivity contribution in [2.45, 2.75) is 45.7 Å². The molecule has 2 heterocycles. The Hall–Kier alpha value is -2.57. The predicted octanol–water partition coefficient (Wildman–Crippen LogP) is 2.54. The molecule has 0 radical (unpaired) electrons. The zero-order valence-electron chi connectivity index (χ0n) is 17.4. The molecule has 1 aromatic heterocycles. The van der Waals surface area contributed by atoms with Gasteiger partial charge in [-0.05, 0) is 37.0 Å². The molecular weight excluding hydrogens is 350 g/mol. The van der Waals surface area contributed by atoms with E-state index < -0.39 is 0 Å². The molecule has 28 heavy (non-hydrogen) atoms. The lowest BCUT2D eigenvalue weighted by atomic mass is 10.1. The van der Waals surface area contributed by atoms with Gasteiger partial charge in [-0.3, -0.25) is 4.99 Å². The van der Waals surface area contributed by atoms with E-state index in [1.165, 1.54) is 43.6 Å². The maximum atomic E-state index is 4.42. The first kappa shape index (κ1) is 20.2. The van der Waals surface area contributed by atoms with Gasteiger partial charge in [-0.15, -0.1) is 10.2 Å². The molecule has 3 rings (SSSR count). The van der Waals surface area contributed by atoms with E-state index in [4.69, 9.17) is 0 Å². The number of hydrogen-bond donors (Lipinski definition) is 1. The molecule has 0 aliphatic carbocycles. The summed E-state index contributed by atoms with van der Waals surface area (Å²) in [6.07, 6.45) is 6.66. The maximum absolute atomic E-state index is 4.42. The van der Waals surface area contributed by atoms with Crippen LogP contribution in [0, 0.1) is 0 Å². The lowest BCUT2D eigenvalue weighted by molar-refractivity contribution is 0.472. The highest BCUT2D eigenvalue weighted by atomic mass is 15.3. The molecule has 1 N–H and O–H groups in total. The molecule has 0 saturated carbocycles. The third-order valence-corrected chi connectivity index (χ3v) is 5.30. The van der Waals surface area contributed by atoms with Crippen molar-refractivity contribution in [3.63, 3.8) is 0 Å². The van der Waals surface area contributed by atoms with E-state index in [-0.39, 0.29) is 0 Å². The van der Waals surface area contributed by atoms with Gasteiger partial charge in [0.2, 0.25) is 0 Å². The fourth-order valence-corrected chi connectivity index (χ4v) is 3.73. The summed E-state index contributed by atoms with van der Waals surface area (Å²) in [7, 11) is 3.90. The van der Waals surface area contributed by atoms with Crippen LogP contribution in [0.15, 0.2) is 35.6 Å². The van der Waals surface area contributed by atoms with E-state index in [1.807, 2.05) is 7.05 Å². The van der Waals surface area contributed by atoms with Crippen molar-refractivity contribution in [2.24, 2.45) is 4.99 Å². The number of piperidine rings is 1. The van der Waals surface area contributed by atoms with Crippen LogP contribution >= 0.6 is 0 Å². The third-order valence-electron chi connectivity index (χ3n) is 5.30. The molecule has 1 aliphatic rings. The average molecular weight is 384 g/mol. The number of rotatable bonds is 7. The molecule has 0 unspecified atom stereocenters. The molecule has 0 atom stereocenters. The van der Waals surface area contributed by atoms with Crippen molar-refractivity contribution in [2.75, 3.05) is 38.6 Å². The second kappa shape index (κ2) is 10.1. The van der Waals surface area contributed by atoms with Crippen LogP contribution in [0.5, 0.6) is 0 Å². The van der Waals surface area contributed by atoms with Crippen molar-refractivity contribution in [3.8, 4) is 0 Å². The first-order valence-electron chi connectivity index (χ1n) is 10.3. The average Bonchev–Trinajstić information content (AvgIpc) is 3.20. The number of aryl methyl sites for hydroxylation is 1. The van der Waals surface area contributed by atoms with E-state index in [9.17, 15) is 0 Å². The van der Waals surface area contributed by atoms with Gasteiger partial charge in [-0.2, -0.15) is 0 Å². The normalized spacial score (nSPS) is 15.0. The Balaban J connectivity index is 1.49. The first-order valence-corrected chi connectivity index (χ1v) is 10.3. The summed E-state index contributed by atoms with van der Waals surface area (Å²) in [6, 6.07) is 8.98. The Morgan fingerprint density at radius 1 is 1.18 bits per heavy atom. The zero-order chi connectivity index (χ0) is 19.8. The number of benzene rings is 1. The van der Waals surface area contributed by atoms with E-state index in [2.05, 4.69) is 73.1 Å². The molecule has 7 nitrogen and oxygen atoms in total. The van der Waals surface area contributed by atoms with Crippen LogP contribution in [0.3, 0.4) is 0 Å². The summed E-state index contributed by atoms with van der Waals surface area (Å²) in [5.74, 6) is 1.91. The number of anilines is 1. The van der Waals surface area contributed by atoms with Gasteiger partial charge in [0.1, 0.15) is 12.2 Å². The van der Waals surface area contributed by atoms with Crippen LogP contribution in [-0.2, 0) is 19.5 Å². The number of aliphatic imine (C=N–C) groups is 1. The van der Waals surface area contributed by atoms with Crippen LogP contribution < -0.4 is 10.2 Å². The Kier molecular flexibility index (Phi) is 7.28. The fourth-order valence-electron chi connectivity index (χ4n) is 3.73. The molecule has 1 aliphatic heterocycles. The van der Waals surface area contributed by atoms with Gasteiger partial charge in [0, 0.05) is 58.9 Å². The summed E-state index contributed by atoms with van der Waals surface area (Å²) >= 11 is 0. The third kappa shape index (κ3) is 5.24. The molecule has 7 heteroatoms. The highest BCUT2D eigenvalue weighted by Crippen LogP contribution is 2.20. The summed E-state index contributed by atoms with van der Waals surface area (Å²) in [6.45, 7) is 6.90. The molecule has 1 aromatic carbocycles. The monoisotopic (exact) mass is 383 g/mol. The highest BCUT2D eigenvalue weighted by molar-refractivity contribution is 5.79. The van der Waals surface area contributed by atoms with E-state index in [1.54, 1.807) is 6.33 Å². The zero-order valence-corrected chi connectivity index (χ0v) is 17.4. The molecule has 0 spiro atoms. The maximum Gasteiger partial charge on any atom is 0.193 e. The Labute approximate surface area is 168 Å². The number of hydrogen-bond acceptors (Lipinski definition) is 4. The molecular formula is C21H33N7. The minimum atomic E-state index is 0.788. The van der Waals surface area contributed by atoms with Crippen LogP contribution in [0.2, 0.25) is 0 Å². The van der Waals surface area contributed by atoms with Crippen LogP contribution in [0.4, 0.5) is 5.69 Å². The molecule has 0 bridgehead atoms. The minimum absolute atomic E-state index is 0.788. The Morgan fingerprint density at radius 3 is 2.61 bits per heavy atom. The van der Waals surface area contributed by atoms with Crippen LogP contribution in [0.25, 0.3) is 0 Å². The SMILES string of the molecule is CCc1nncn1CCNC(=NC)N(C)Cc1ccc(N2CCCCC2)cc1. The van der Waals surface area contributed by atoms with Crippen molar-refractivity contribution in [3.05, 3.63) is 42.0 Å². The summed E-state index contributed by atoms with van der Waals surface area (Å²) < 4.78 is 2.08. The minimum Gasteiger partial charge on any atom is -0.372 e. The number of guanidine groups is 1. The summed E-state index contributed by atoms with van der Waals surface area (Å²) in [5, 5.41) is 11.5. The summed E-state index contributed by atoms with van der Waals surface area (Å²) in [5.41, 5.74) is 2.63. The second-order valence-electron chi connectivity index (χ2n) is 7.34. The molecule has 1 fully saturated rings. The van der Waals surface area contributed by atoms with Crippen molar-refractivity contribution < 1.29 is 0 Å². The van der Waals surface area contributed by atoms with Gasteiger partial charge < -0.3 is 19.7 Å². The molecule has 152 valence electrons. The van der Waals surface area contributed by atoms with Crippen molar-refractivity contribution >= 4 is 11.6 Å². The number of aromatic nitrogens is 3. The van der Waals surface area contributed by atoms with Gasteiger partial charge in [0.15, 0.2) is 5.96 Å². The van der Waals surface area contributed by atoms with E-state index in [0.29, 0.717) is 0 Å². The summed E-state index contributed by atoms with van der Waals surface area (Å²) in [4.78, 5) is 9.07. The predicted molar refractivity (Wildman–Crippen MR) is 115 cm³/mol. The molecule has 2 aromatic rings. The van der Waals surface area contributed by atoms with Crippen LogP contribution in [0.1, 0.15) is 37.6 Å². The Morgan fingerprint density at radius 2 is 1.93 bits per heavy atom. The Bertz CT molecular complexity index is 744. The topological polar surface area (TPSA) is 61.6 Å². The van der Waals surface area contributed by atoms with Gasteiger partial charge in [0.25, 0.3) is 0 Å². The van der Waals surface area contributed by atoms with Gasteiger partial charge in [-0.1, -0.05) is 19.1 Å². The fraction of sp³-hybridized carbons (Fsp3) is 0.571. The lowest BCUT2D eigenvalue weighted by Crippen LogP contribution is -2.39. The number of nitrogens with zero attached hydrogens (tertiary/aromatic N) is 6.